The maximum absolute atomic E-state index is 5.49. The third-order valence-corrected chi connectivity index (χ3v) is 1.45. The fourth-order valence-corrected chi connectivity index (χ4v) is 0.856. The Morgan fingerprint density at radius 1 is 1.67 bits per heavy atom. The number of pyridine rings is 1. The lowest BCUT2D eigenvalue weighted by Gasteiger charge is -2.06. The minimum absolute atomic E-state index is 0.467. The summed E-state index contributed by atoms with van der Waals surface area (Å²) in [5.41, 5.74) is 6.45. The van der Waals surface area contributed by atoms with Gasteiger partial charge in [-0.25, -0.2) is 0 Å². The molecular weight excluding hydrogens is 152 g/mol. The first-order valence-corrected chi connectivity index (χ1v) is 3.75. The second-order valence-corrected chi connectivity index (χ2v) is 2.29. The number of rotatable bonds is 4. The molecule has 0 fully saturated rings. The topological polar surface area (TPSA) is 48.1 Å². The Morgan fingerprint density at radius 2 is 2.50 bits per heavy atom. The van der Waals surface area contributed by atoms with Crippen LogP contribution in [-0.2, 0) is 6.54 Å². The highest BCUT2D eigenvalue weighted by atomic mass is 16.5. The van der Waals surface area contributed by atoms with Gasteiger partial charge in [-0.1, -0.05) is 12.7 Å². The van der Waals surface area contributed by atoms with Gasteiger partial charge in [0.2, 0.25) is 0 Å². The molecule has 0 saturated carbocycles. The van der Waals surface area contributed by atoms with Crippen molar-refractivity contribution in [3.63, 3.8) is 0 Å². The molecule has 0 unspecified atom stereocenters. The minimum atomic E-state index is 0.467. The molecule has 0 aliphatic heterocycles. The Kier molecular flexibility index (Phi) is 3.29. The number of nitrogens with two attached hydrogens (primary N) is 1. The second kappa shape index (κ2) is 4.51. The molecule has 0 aromatic carbocycles. The number of aromatic nitrogens is 1. The molecule has 0 radical (unpaired) electrons. The molecule has 0 spiro atoms. The van der Waals surface area contributed by atoms with Gasteiger partial charge in [-0.3, -0.25) is 4.98 Å². The van der Waals surface area contributed by atoms with Crippen LogP contribution >= 0.6 is 0 Å². The lowest BCUT2D eigenvalue weighted by atomic mass is 10.2. The van der Waals surface area contributed by atoms with Crippen molar-refractivity contribution in [2.75, 3.05) is 6.61 Å². The Labute approximate surface area is 71.9 Å². The van der Waals surface area contributed by atoms with E-state index in [1.807, 2.05) is 6.07 Å². The molecule has 1 rings (SSSR count). The van der Waals surface area contributed by atoms with Crippen LogP contribution in [0.15, 0.2) is 31.1 Å². The van der Waals surface area contributed by atoms with Crippen molar-refractivity contribution < 1.29 is 4.74 Å². The van der Waals surface area contributed by atoms with Crippen LogP contribution in [0, 0.1) is 0 Å². The number of ether oxygens (including phenoxy) is 1. The molecule has 64 valence electrons. The molecule has 12 heavy (non-hydrogen) atoms. The largest absolute Gasteiger partial charge is 0.488 e. The summed E-state index contributed by atoms with van der Waals surface area (Å²) in [4.78, 5) is 3.93. The zero-order valence-corrected chi connectivity index (χ0v) is 6.86. The summed E-state index contributed by atoms with van der Waals surface area (Å²) in [5.74, 6) is 0.736. The van der Waals surface area contributed by atoms with E-state index in [1.165, 1.54) is 0 Å². The van der Waals surface area contributed by atoms with Crippen molar-refractivity contribution in [1.82, 2.24) is 4.98 Å². The Bertz CT molecular complexity index is 260. The van der Waals surface area contributed by atoms with Gasteiger partial charge in [0.1, 0.15) is 12.4 Å². The lowest BCUT2D eigenvalue weighted by Crippen LogP contribution is -2.02. The number of hydrogen-bond acceptors (Lipinski definition) is 3. The van der Waals surface area contributed by atoms with E-state index in [1.54, 1.807) is 18.5 Å². The minimum Gasteiger partial charge on any atom is -0.488 e. The summed E-state index contributed by atoms with van der Waals surface area (Å²) in [6.07, 6.45) is 5.04. The molecule has 0 aliphatic carbocycles. The Hall–Kier alpha value is -1.35. The molecule has 2 N–H and O–H groups in total. The lowest BCUT2D eigenvalue weighted by molar-refractivity contribution is 0.357. The van der Waals surface area contributed by atoms with Gasteiger partial charge in [0.05, 0.1) is 6.20 Å². The molecule has 0 atom stereocenters. The monoisotopic (exact) mass is 164 g/mol. The van der Waals surface area contributed by atoms with Gasteiger partial charge in [0.25, 0.3) is 0 Å². The molecule has 0 saturated heterocycles. The normalized spacial score (nSPS) is 9.42. The fraction of sp³-hybridized carbons (Fsp3) is 0.222. The zero-order chi connectivity index (χ0) is 8.81. The van der Waals surface area contributed by atoms with Crippen LogP contribution in [0.2, 0.25) is 0 Å². The predicted octanol–water partition coefficient (Wildman–Crippen LogP) is 1.11. The maximum atomic E-state index is 5.49. The quantitative estimate of drug-likeness (QED) is 0.678. The van der Waals surface area contributed by atoms with E-state index >= 15 is 0 Å². The molecule has 1 aromatic heterocycles. The Morgan fingerprint density at radius 3 is 3.17 bits per heavy atom. The van der Waals surface area contributed by atoms with Gasteiger partial charge in [0.15, 0.2) is 0 Å². The van der Waals surface area contributed by atoms with E-state index in [2.05, 4.69) is 11.6 Å². The zero-order valence-electron chi connectivity index (χ0n) is 6.86. The molecular formula is C9H12N2O. The van der Waals surface area contributed by atoms with Crippen LogP contribution < -0.4 is 10.5 Å². The van der Waals surface area contributed by atoms with E-state index in [4.69, 9.17) is 10.5 Å². The van der Waals surface area contributed by atoms with E-state index in [-0.39, 0.29) is 0 Å². The fourth-order valence-electron chi connectivity index (χ4n) is 0.856. The van der Waals surface area contributed by atoms with E-state index in [0.29, 0.717) is 13.2 Å². The van der Waals surface area contributed by atoms with E-state index in [9.17, 15) is 0 Å². The molecule has 1 aromatic rings. The summed E-state index contributed by atoms with van der Waals surface area (Å²) in [6.45, 7) is 4.51. The van der Waals surface area contributed by atoms with Gasteiger partial charge in [-0.15, -0.1) is 0 Å². The highest BCUT2D eigenvalue weighted by Gasteiger charge is 1.99. The van der Waals surface area contributed by atoms with Gasteiger partial charge < -0.3 is 10.5 Å². The highest BCUT2D eigenvalue weighted by molar-refractivity contribution is 5.29. The van der Waals surface area contributed by atoms with Gasteiger partial charge in [0, 0.05) is 18.3 Å². The summed E-state index contributed by atoms with van der Waals surface area (Å²) < 4.78 is 5.32. The van der Waals surface area contributed by atoms with Gasteiger partial charge in [-0.05, 0) is 6.07 Å². The SMILES string of the molecule is C=CCOc1cnccc1CN. The first kappa shape index (κ1) is 8.74. The van der Waals surface area contributed by atoms with Crippen LogP contribution in [0.5, 0.6) is 5.75 Å². The van der Waals surface area contributed by atoms with Crippen molar-refractivity contribution in [2.45, 2.75) is 6.54 Å². The summed E-state index contributed by atoms with van der Waals surface area (Å²) >= 11 is 0. The second-order valence-electron chi connectivity index (χ2n) is 2.29. The maximum Gasteiger partial charge on any atom is 0.142 e. The predicted molar refractivity (Wildman–Crippen MR) is 47.8 cm³/mol. The van der Waals surface area contributed by atoms with Crippen molar-refractivity contribution in [1.29, 1.82) is 0 Å². The molecule has 0 bridgehead atoms. The average molecular weight is 164 g/mol. The van der Waals surface area contributed by atoms with Gasteiger partial charge in [-0.2, -0.15) is 0 Å². The summed E-state index contributed by atoms with van der Waals surface area (Å²) in [6, 6.07) is 1.85. The van der Waals surface area contributed by atoms with Crippen molar-refractivity contribution in [2.24, 2.45) is 5.73 Å². The first-order chi connectivity index (χ1) is 5.88. The third-order valence-electron chi connectivity index (χ3n) is 1.45. The highest BCUT2D eigenvalue weighted by Crippen LogP contribution is 2.14. The molecule has 0 amide bonds. The van der Waals surface area contributed by atoms with Crippen LogP contribution in [-0.4, -0.2) is 11.6 Å². The van der Waals surface area contributed by atoms with Crippen LogP contribution in [0.3, 0.4) is 0 Å². The molecule has 3 heteroatoms. The summed E-state index contributed by atoms with van der Waals surface area (Å²) in [5, 5.41) is 0. The summed E-state index contributed by atoms with van der Waals surface area (Å²) in [7, 11) is 0. The van der Waals surface area contributed by atoms with Crippen LogP contribution in [0.4, 0.5) is 0 Å². The van der Waals surface area contributed by atoms with Crippen molar-refractivity contribution in [3.05, 3.63) is 36.7 Å². The third kappa shape index (κ3) is 2.07. The van der Waals surface area contributed by atoms with Crippen LogP contribution in [0.1, 0.15) is 5.56 Å². The van der Waals surface area contributed by atoms with Crippen molar-refractivity contribution >= 4 is 0 Å². The van der Waals surface area contributed by atoms with Gasteiger partial charge >= 0.3 is 0 Å². The average Bonchev–Trinajstić information content (AvgIpc) is 2.15. The van der Waals surface area contributed by atoms with E-state index < -0.39 is 0 Å². The molecule has 1 heterocycles. The standard InChI is InChI=1S/C9H12N2O/c1-2-5-12-9-7-11-4-3-8(9)6-10/h2-4,7H,1,5-6,10H2. The Balaban J connectivity index is 2.74. The molecule has 3 nitrogen and oxygen atoms in total. The first-order valence-electron chi connectivity index (χ1n) is 3.75. The van der Waals surface area contributed by atoms with Crippen LogP contribution in [0.25, 0.3) is 0 Å². The van der Waals surface area contributed by atoms with Crippen molar-refractivity contribution in [3.8, 4) is 5.75 Å². The number of hydrogen-bond donors (Lipinski definition) is 1. The smallest absolute Gasteiger partial charge is 0.142 e. The number of nitrogens with zero attached hydrogens (tertiary/aromatic N) is 1. The van der Waals surface area contributed by atoms with E-state index in [0.717, 1.165) is 11.3 Å². The molecule has 0 aliphatic rings.